The van der Waals surface area contributed by atoms with Crippen LogP contribution >= 0.6 is 23.2 Å². The summed E-state index contributed by atoms with van der Waals surface area (Å²) in [6.45, 7) is 1.97. The lowest BCUT2D eigenvalue weighted by Gasteiger charge is -2.26. The van der Waals surface area contributed by atoms with Crippen LogP contribution in [0.25, 0.3) is 0 Å². The predicted molar refractivity (Wildman–Crippen MR) is 104 cm³/mol. The van der Waals surface area contributed by atoms with Crippen LogP contribution in [0, 0.1) is 0 Å². The second kappa shape index (κ2) is 8.02. The van der Waals surface area contributed by atoms with E-state index < -0.39 is 22.0 Å². The van der Waals surface area contributed by atoms with Crippen LogP contribution in [-0.4, -0.2) is 31.8 Å². The molecule has 0 aromatic heterocycles. The van der Waals surface area contributed by atoms with E-state index in [9.17, 15) is 13.2 Å². The Hall–Kier alpha value is -1.86. The van der Waals surface area contributed by atoms with Gasteiger partial charge in [-0.05, 0) is 48.9 Å². The van der Waals surface area contributed by atoms with E-state index in [4.69, 9.17) is 27.9 Å². The van der Waals surface area contributed by atoms with Crippen LogP contribution in [0.3, 0.4) is 0 Å². The third-order valence-electron chi connectivity index (χ3n) is 4.19. The van der Waals surface area contributed by atoms with Crippen molar-refractivity contribution >= 4 is 39.2 Å². The van der Waals surface area contributed by atoms with Gasteiger partial charge >= 0.3 is 5.97 Å². The fourth-order valence-corrected chi connectivity index (χ4v) is 4.73. The molecular weight excluding hydrogens is 409 g/mol. The summed E-state index contributed by atoms with van der Waals surface area (Å²) in [5, 5.41) is 0.959. The number of hydrogen-bond acceptors (Lipinski definition) is 4. The minimum Gasteiger partial charge on any atom is -0.463 e. The van der Waals surface area contributed by atoms with Gasteiger partial charge in [0.05, 0.1) is 23.1 Å². The van der Waals surface area contributed by atoms with Crippen molar-refractivity contribution in [2.24, 2.45) is 0 Å². The smallest absolute Gasteiger partial charge is 0.335 e. The Morgan fingerprint density at radius 1 is 1.07 bits per heavy atom. The largest absolute Gasteiger partial charge is 0.463 e. The summed E-state index contributed by atoms with van der Waals surface area (Å²) in [5.74, 6) is -0.536. The first-order valence-corrected chi connectivity index (χ1v) is 10.4. The number of carbonyl (C=O) groups is 1. The molecule has 0 N–H and O–H groups in total. The minimum absolute atomic E-state index is 0.0619. The summed E-state index contributed by atoms with van der Waals surface area (Å²) in [6.07, 6.45) is 1.59. The van der Waals surface area contributed by atoms with Gasteiger partial charge in [0.1, 0.15) is 0 Å². The Labute approximate surface area is 168 Å². The van der Waals surface area contributed by atoms with Crippen molar-refractivity contribution in [2.75, 3.05) is 13.2 Å². The predicted octanol–water partition coefficient (Wildman–Crippen LogP) is 4.23. The highest BCUT2D eigenvalue weighted by atomic mass is 35.5. The molecule has 1 atom stereocenters. The summed E-state index contributed by atoms with van der Waals surface area (Å²) in [6, 6.07) is 11.9. The number of benzene rings is 2. The van der Waals surface area contributed by atoms with Gasteiger partial charge in [-0.15, -0.1) is 0 Å². The number of nitrogens with zero attached hydrogens (tertiary/aromatic N) is 1. The first-order valence-electron chi connectivity index (χ1n) is 8.24. The third-order valence-corrected chi connectivity index (χ3v) is 6.54. The van der Waals surface area contributed by atoms with Crippen LogP contribution in [-0.2, 0) is 19.6 Å². The van der Waals surface area contributed by atoms with Crippen molar-refractivity contribution in [1.82, 2.24) is 4.31 Å². The van der Waals surface area contributed by atoms with E-state index in [2.05, 4.69) is 0 Å². The maximum atomic E-state index is 13.2. The van der Waals surface area contributed by atoms with Crippen LogP contribution in [0.4, 0.5) is 0 Å². The van der Waals surface area contributed by atoms with Crippen molar-refractivity contribution in [2.45, 2.75) is 17.9 Å². The number of hydrogen-bond donors (Lipinski definition) is 0. The molecule has 0 radical (unpaired) electrons. The fraction of sp³-hybridized carbons (Fsp3) is 0.211. The monoisotopic (exact) mass is 425 g/mol. The van der Waals surface area contributed by atoms with Gasteiger partial charge in [-0.1, -0.05) is 41.4 Å². The van der Waals surface area contributed by atoms with Crippen LogP contribution in [0.2, 0.25) is 10.0 Å². The minimum atomic E-state index is -3.86. The lowest BCUT2D eigenvalue weighted by atomic mass is 10.0. The van der Waals surface area contributed by atoms with Gasteiger partial charge in [0.2, 0.25) is 10.0 Å². The number of rotatable bonds is 5. The van der Waals surface area contributed by atoms with Crippen molar-refractivity contribution in [3.63, 3.8) is 0 Å². The number of ether oxygens (including phenoxy) is 1. The molecule has 0 aliphatic carbocycles. The van der Waals surface area contributed by atoms with Gasteiger partial charge in [-0.3, -0.25) is 0 Å². The molecule has 2 aromatic carbocycles. The topological polar surface area (TPSA) is 63.7 Å². The summed E-state index contributed by atoms with van der Waals surface area (Å²) in [4.78, 5) is 12.5. The van der Waals surface area contributed by atoms with Crippen molar-refractivity contribution < 1.29 is 17.9 Å². The number of carbonyl (C=O) groups excluding carboxylic acids is 1. The van der Waals surface area contributed by atoms with Crippen LogP contribution < -0.4 is 0 Å². The van der Waals surface area contributed by atoms with E-state index in [1.165, 1.54) is 28.6 Å². The summed E-state index contributed by atoms with van der Waals surface area (Å²) in [7, 11) is -3.86. The second-order valence-corrected chi connectivity index (χ2v) is 8.63. The Morgan fingerprint density at radius 3 is 2.19 bits per heavy atom. The first-order chi connectivity index (χ1) is 12.8. The molecule has 5 nitrogen and oxygen atoms in total. The van der Waals surface area contributed by atoms with Crippen LogP contribution in [0.15, 0.2) is 65.1 Å². The summed E-state index contributed by atoms with van der Waals surface area (Å²) in [5.41, 5.74) is 0.922. The van der Waals surface area contributed by atoms with E-state index in [0.717, 1.165) is 0 Å². The van der Waals surface area contributed by atoms with Crippen molar-refractivity contribution in [1.29, 1.82) is 0 Å². The van der Waals surface area contributed by atoms with E-state index in [0.29, 0.717) is 15.6 Å². The van der Waals surface area contributed by atoms with Gasteiger partial charge in [-0.25, -0.2) is 13.2 Å². The average Bonchev–Trinajstić information content (AvgIpc) is 3.09. The van der Waals surface area contributed by atoms with Crippen molar-refractivity contribution in [3.05, 3.63) is 75.8 Å². The van der Waals surface area contributed by atoms with E-state index in [1.807, 2.05) is 0 Å². The normalized spacial score (nSPS) is 17.6. The first kappa shape index (κ1) is 19.9. The van der Waals surface area contributed by atoms with E-state index in [1.54, 1.807) is 37.3 Å². The van der Waals surface area contributed by atoms with Gasteiger partial charge in [0.25, 0.3) is 0 Å². The lowest BCUT2D eigenvalue weighted by molar-refractivity contribution is -0.138. The number of esters is 1. The Morgan fingerprint density at radius 2 is 1.63 bits per heavy atom. The summed E-state index contributed by atoms with van der Waals surface area (Å²) < 4.78 is 32.8. The molecule has 0 saturated carbocycles. The molecule has 1 aliphatic rings. The maximum Gasteiger partial charge on any atom is 0.335 e. The van der Waals surface area contributed by atoms with Crippen molar-refractivity contribution in [3.8, 4) is 0 Å². The molecule has 3 rings (SSSR count). The van der Waals surface area contributed by atoms with Gasteiger partial charge in [-0.2, -0.15) is 4.31 Å². The zero-order valence-corrected chi connectivity index (χ0v) is 16.8. The third kappa shape index (κ3) is 4.04. The van der Waals surface area contributed by atoms with E-state index in [-0.39, 0.29) is 23.6 Å². The molecule has 1 heterocycles. The highest BCUT2D eigenvalue weighted by Gasteiger charge is 2.41. The average molecular weight is 426 g/mol. The van der Waals surface area contributed by atoms with Crippen LogP contribution in [0.5, 0.6) is 0 Å². The van der Waals surface area contributed by atoms with Crippen LogP contribution in [0.1, 0.15) is 18.5 Å². The Balaban J connectivity index is 2.05. The van der Waals surface area contributed by atoms with E-state index >= 15 is 0 Å². The zero-order valence-electron chi connectivity index (χ0n) is 14.4. The second-order valence-electron chi connectivity index (χ2n) is 5.86. The fourth-order valence-electron chi connectivity index (χ4n) is 2.94. The van der Waals surface area contributed by atoms with Gasteiger partial charge < -0.3 is 4.74 Å². The number of sulfonamides is 1. The Kier molecular flexibility index (Phi) is 5.91. The molecule has 1 unspecified atom stereocenters. The molecule has 1 aliphatic heterocycles. The highest BCUT2D eigenvalue weighted by Crippen LogP contribution is 2.38. The highest BCUT2D eigenvalue weighted by molar-refractivity contribution is 7.89. The Bertz CT molecular complexity index is 970. The molecule has 0 bridgehead atoms. The van der Waals surface area contributed by atoms with Gasteiger partial charge in [0.15, 0.2) is 0 Å². The number of halogens is 2. The molecule has 2 aromatic rings. The maximum absolute atomic E-state index is 13.2. The summed E-state index contributed by atoms with van der Waals surface area (Å²) >= 11 is 11.8. The molecule has 0 amide bonds. The molecule has 142 valence electrons. The van der Waals surface area contributed by atoms with Gasteiger partial charge in [0, 0.05) is 16.6 Å². The SMILES string of the molecule is CCOC(=O)C1=CCN(S(=O)(=O)c2ccc(Cl)cc2)C1c1ccc(Cl)cc1. The molecule has 0 fully saturated rings. The molecular formula is C19H17Cl2NO4S. The standard InChI is InChI=1S/C19H17Cl2NO4S/c1-2-26-19(23)17-11-12-22(18(17)13-3-5-14(20)6-4-13)27(24,25)16-9-7-15(21)8-10-16/h3-11,18H,2,12H2,1H3. The zero-order chi connectivity index (χ0) is 19.6. The molecule has 0 saturated heterocycles. The molecule has 27 heavy (non-hydrogen) atoms. The molecule has 0 spiro atoms. The quantitative estimate of drug-likeness (QED) is 0.672. The molecule has 8 heteroatoms. The lowest BCUT2D eigenvalue weighted by Crippen LogP contribution is -2.33.